The van der Waals surface area contributed by atoms with E-state index in [0.717, 1.165) is 0 Å². The minimum Gasteiger partial charge on any atom is -0.508 e. The third-order valence-corrected chi connectivity index (χ3v) is 9.41. The first-order valence-corrected chi connectivity index (χ1v) is 14.2. The van der Waals surface area contributed by atoms with E-state index >= 15 is 0 Å². The number of fused-ring (bicyclic) bond motifs is 5. The van der Waals surface area contributed by atoms with Crippen LogP contribution < -0.4 is 14.8 Å². The summed E-state index contributed by atoms with van der Waals surface area (Å²) < 4.78 is 30.1. The van der Waals surface area contributed by atoms with Gasteiger partial charge in [0.2, 0.25) is 11.6 Å². The minimum absolute atomic E-state index is 0.00872. The Hall–Kier alpha value is -3.50. The van der Waals surface area contributed by atoms with Crippen molar-refractivity contribution in [2.75, 3.05) is 20.3 Å². The van der Waals surface area contributed by atoms with E-state index in [2.05, 4.69) is 19.2 Å². The summed E-state index contributed by atoms with van der Waals surface area (Å²) in [6, 6.07) is 5.29. The van der Waals surface area contributed by atoms with Crippen LogP contribution in [0.3, 0.4) is 0 Å². The number of phenols is 2. The molecule has 6 rings (SSSR count). The molecule has 4 aliphatic heterocycles. The van der Waals surface area contributed by atoms with Gasteiger partial charge in [-0.05, 0) is 42.4 Å². The Morgan fingerprint density at radius 3 is 2.10 bits per heavy atom. The molecule has 220 valence electrons. The molecule has 2 fully saturated rings. The number of esters is 1. The first-order chi connectivity index (χ1) is 19.4. The number of carbonyl (C=O) groups is 2. The zero-order valence-electron chi connectivity index (χ0n) is 24.0. The summed E-state index contributed by atoms with van der Waals surface area (Å²) in [6.45, 7) is 9.01. The van der Waals surface area contributed by atoms with Crippen LogP contribution in [0.4, 0.5) is 0 Å². The molecular formula is C31H37NO9. The molecule has 2 aromatic rings. The first-order valence-electron chi connectivity index (χ1n) is 14.2. The van der Waals surface area contributed by atoms with Gasteiger partial charge < -0.3 is 39.2 Å². The molecule has 10 heteroatoms. The number of rotatable bonds is 5. The van der Waals surface area contributed by atoms with E-state index in [9.17, 15) is 19.8 Å². The van der Waals surface area contributed by atoms with Crippen LogP contribution in [0.15, 0.2) is 24.3 Å². The third kappa shape index (κ3) is 4.48. The van der Waals surface area contributed by atoms with Crippen LogP contribution in [0.25, 0.3) is 0 Å². The van der Waals surface area contributed by atoms with Gasteiger partial charge in [0.05, 0.1) is 20.3 Å². The zero-order valence-corrected chi connectivity index (χ0v) is 24.0. The summed E-state index contributed by atoms with van der Waals surface area (Å²) in [5, 5.41) is 24.1. The van der Waals surface area contributed by atoms with Crippen molar-refractivity contribution in [1.29, 1.82) is 0 Å². The molecule has 2 aromatic carbocycles. The number of aromatic hydroxyl groups is 2. The molecule has 0 radical (unpaired) electrons. The van der Waals surface area contributed by atoms with E-state index in [0.29, 0.717) is 48.5 Å². The number of benzene rings is 2. The minimum atomic E-state index is -1.06. The van der Waals surface area contributed by atoms with E-state index in [4.69, 9.17) is 23.7 Å². The molecule has 0 bridgehead atoms. The number of hydrogen-bond acceptors (Lipinski definition) is 9. The highest BCUT2D eigenvalue weighted by atomic mass is 16.7. The predicted octanol–water partition coefficient (Wildman–Crippen LogP) is 3.48. The zero-order chi connectivity index (χ0) is 29.3. The summed E-state index contributed by atoms with van der Waals surface area (Å²) in [5.74, 6) is -2.23. The van der Waals surface area contributed by atoms with Gasteiger partial charge in [-0.3, -0.25) is 4.79 Å². The number of hydrogen-bond donors (Lipinski definition) is 3. The Labute approximate surface area is 238 Å². The second-order valence-electron chi connectivity index (χ2n) is 12.2. The van der Waals surface area contributed by atoms with E-state index in [-0.39, 0.29) is 52.9 Å². The third-order valence-electron chi connectivity index (χ3n) is 9.41. The van der Waals surface area contributed by atoms with E-state index in [1.807, 2.05) is 13.8 Å². The summed E-state index contributed by atoms with van der Waals surface area (Å²) in [7, 11) is 1.25. The molecule has 0 saturated carbocycles. The van der Waals surface area contributed by atoms with Crippen LogP contribution in [0.5, 0.6) is 23.0 Å². The molecule has 0 aromatic heterocycles. The van der Waals surface area contributed by atoms with Crippen molar-refractivity contribution < 1.29 is 43.5 Å². The molecular weight excluding hydrogens is 530 g/mol. The maximum atomic E-state index is 14.0. The number of nitrogens with one attached hydrogen (secondary N) is 1. The highest BCUT2D eigenvalue weighted by Crippen LogP contribution is 2.57. The van der Waals surface area contributed by atoms with E-state index < -0.39 is 29.5 Å². The summed E-state index contributed by atoms with van der Waals surface area (Å²) in [4.78, 5) is 26.8. The van der Waals surface area contributed by atoms with Gasteiger partial charge in [0, 0.05) is 43.2 Å². The fraction of sp³-hybridized carbons (Fsp3) is 0.548. The molecule has 0 aliphatic carbocycles. The topological polar surface area (TPSA) is 133 Å². The maximum absolute atomic E-state index is 14.0. The quantitative estimate of drug-likeness (QED) is 0.465. The smallest absolute Gasteiger partial charge is 0.328 e. The molecule has 4 heterocycles. The lowest BCUT2D eigenvalue weighted by Gasteiger charge is -2.43. The van der Waals surface area contributed by atoms with Crippen LogP contribution in [0.2, 0.25) is 0 Å². The monoisotopic (exact) mass is 567 g/mol. The van der Waals surface area contributed by atoms with Crippen LogP contribution in [-0.4, -0.2) is 60.0 Å². The van der Waals surface area contributed by atoms with Gasteiger partial charge in [0.25, 0.3) is 5.91 Å². The van der Waals surface area contributed by atoms with Gasteiger partial charge in [-0.1, -0.05) is 26.0 Å². The molecule has 10 nitrogen and oxygen atoms in total. The van der Waals surface area contributed by atoms with Crippen molar-refractivity contribution in [1.82, 2.24) is 5.32 Å². The molecule has 2 saturated heterocycles. The Morgan fingerprint density at radius 2 is 1.51 bits per heavy atom. The second-order valence-corrected chi connectivity index (χ2v) is 12.2. The number of methoxy groups -OCH3 is 1. The van der Waals surface area contributed by atoms with E-state index in [1.165, 1.54) is 19.2 Å². The van der Waals surface area contributed by atoms with Crippen molar-refractivity contribution in [2.45, 2.75) is 64.6 Å². The average molecular weight is 568 g/mol. The van der Waals surface area contributed by atoms with Gasteiger partial charge in [0.15, 0.2) is 0 Å². The van der Waals surface area contributed by atoms with Crippen molar-refractivity contribution in [3.8, 4) is 23.0 Å². The normalized spacial score (nSPS) is 31.9. The standard InChI is InChI=1S/C31H37NO9/c1-15-13-38-30(3)21(15)11-19-25(34)24(27-20(26(19)40-30)12-22-16(2)14-39-31(22,4)41-27)28(35)32-23(29(36)37-5)10-17-6-8-18(33)9-7-17/h6-9,15-16,21-23,33-34H,10-14H2,1-5H3,(H,32,35)/t15-,16-,21+,22+,23?,30+,31+/m0/s1. The molecule has 41 heavy (non-hydrogen) atoms. The van der Waals surface area contributed by atoms with Crippen LogP contribution >= 0.6 is 0 Å². The summed E-state index contributed by atoms with van der Waals surface area (Å²) in [5.41, 5.74) is 1.89. The van der Waals surface area contributed by atoms with Gasteiger partial charge in [-0.15, -0.1) is 0 Å². The molecule has 0 spiro atoms. The molecule has 7 atom stereocenters. The van der Waals surface area contributed by atoms with Crippen LogP contribution in [0, 0.1) is 23.7 Å². The molecule has 1 amide bonds. The Kier molecular flexibility index (Phi) is 6.61. The van der Waals surface area contributed by atoms with E-state index in [1.54, 1.807) is 12.1 Å². The summed E-state index contributed by atoms with van der Waals surface area (Å²) in [6.07, 6.45) is 1.11. The number of phenolic OH excluding ortho intramolecular Hbond substituents is 2. The van der Waals surface area contributed by atoms with Crippen molar-refractivity contribution in [3.63, 3.8) is 0 Å². The van der Waals surface area contributed by atoms with Crippen LogP contribution in [-0.2, 0) is 38.3 Å². The van der Waals surface area contributed by atoms with Crippen molar-refractivity contribution >= 4 is 11.9 Å². The number of carbonyl (C=O) groups excluding carboxylic acids is 2. The SMILES string of the molecule is COC(=O)C(Cc1ccc(O)cc1)NC(=O)c1c(O)c2c(c3c1O[C@@]1(C)OC[C@H](C)[C@H]1C3)O[C@@]1(C)OC[C@H](C)[C@H]1C2. The molecule has 3 N–H and O–H groups in total. The highest BCUT2D eigenvalue weighted by Gasteiger charge is 2.56. The van der Waals surface area contributed by atoms with Gasteiger partial charge in [-0.25, -0.2) is 4.79 Å². The fourth-order valence-corrected chi connectivity index (χ4v) is 6.96. The molecule has 4 aliphatic rings. The maximum Gasteiger partial charge on any atom is 0.328 e. The Balaban J connectivity index is 1.43. The van der Waals surface area contributed by atoms with Crippen molar-refractivity contribution in [2.24, 2.45) is 23.7 Å². The van der Waals surface area contributed by atoms with Gasteiger partial charge in [-0.2, -0.15) is 0 Å². The lowest BCUT2D eigenvalue weighted by atomic mass is 9.77. The number of ether oxygens (including phenoxy) is 5. The summed E-state index contributed by atoms with van der Waals surface area (Å²) >= 11 is 0. The van der Waals surface area contributed by atoms with Gasteiger partial charge in [0.1, 0.15) is 34.6 Å². The Bertz CT molecular complexity index is 1390. The highest BCUT2D eigenvalue weighted by molar-refractivity contribution is 6.03. The van der Waals surface area contributed by atoms with Crippen molar-refractivity contribution in [3.05, 3.63) is 46.5 Å². The largest absolute Gasteiger partial charge is 0.508 e. The first kappa shape index (κ1) is 27.7. The van der Waals surface area contributed by atoms with Crippen LogP contribution in [0.1, 0.15) is 54.7 Å². The second kappa shape index (κ2) is 9.80. The Morgan fingerprint density at radius 1 is 0.951 bits per heavy atom. The van der Waals surface area contributed by atoms with Gasteiger partial charge >= 0.3 is 5.97 Å². The number of amides is 1. The lowest BCUT2D eigenvalue weighted by Crippen LogP contribution is -2.48. The lowest BCUT2D eigenvalue weighted by molar-refractivity contribution is -0.174. The average Bonchev–Trinajstić information content (AvgIpc) is 3.40. The predicted molar refractivity (Wildman–Crippen MR) is 146 cm³/mol. The molecule has 1 unspecified atom stereocenters. The fourth-order valence-electron chi connectivity index (χ4n) is 6.96.